The van der Waals surface area contributed by atoms with Gasteiger partial charge in [-0.05, 0) is 29.9 Å². The molecule has 1 saturated carbocycles. The van der Waals surface area contributed by atoms with E-state index in [0.717, 1.165) is 17.5 Å². The quantitative estimate of drug-likeness (QED) is 0.642. The van der Waals surface area contributed by atoms with Gasteiger partial charge in [-0.3, -0.25) is 0 Å². The maximum Gasteiger partial charge on any atom is 0.527 e. The predicted octanol–water partition coefficient (Wildman–Crippen LogP) is 1.35. The van der Waals surface area contributed by atoms with Gasteiger partial charge < -0.3 is 17.6 Å². The Hall–Kier alpha value is -0.935. The summed E-state index contributed by atoms with van der Waals surface area (Å²) in [6.07, 6.45) is 3.08. The minimum Gasteiger partial charge on any atom is -0.444 e. The van der Waals surface area contributed by atoms with Gasteiger partial charge in [0.2, 0.25) is 0 Å². The highest BCUT2D eigenvalue weighted by atomic mass is 19.4. The molecule has 13 heavy (non-hydrogen) atoms. The maximum atomic E-state index is 12.5. The summed E-state index contributed by atoms with van der Waals surface area (Å²) < 4.78 is 38.5. The standard InChI is InChI=1S/C7H9BF3N2/c1-13-7(8(9,10)11)6(4-12-13)5-2-3-5/h4-5H,2-3H2,1H3/q-1. The molecule has 2 nitrogen and oxygen atoms in total. The van der Waals surface area contributed by atoms with Gasteiger partial charge in [-0.25, -0.2) is 0 Å². The van der Waals surface area contributed by atoms with Crippen LogP contribution in [0.2, 0.25) is 0 Å². The molecule has 0 bridgehead atoms. The molecule has 0 spiro atoms. The van der Waals surface area contributed by atoms with Crippen molar-refractivity contribution in [3.05, 3.63) is 11.8 Å². The first-order chi connectivity index (χ1) is 6.00. The van der Waals surface area contributed by atoms with Gasteiger partial charge in [0.15, 0.2) is 0 Å². The number of nitrogens with zero attached hydrogens (tertiary/aromatic N) is 2. The molecular weight excluding hydrogens is 180 g/mol. The molecule has 6 heteroatoms. The Balaban J connectivity index is 2.46. The summed E-state index contributed by atoms with van der Waals surface area (Å²) in [6, 6.07) is 0. The van der Waals surface area contributed by atoms with Gasteiger partial charge in [-0.2, -0.15) is 5.10 Å². The molecule has 0 aromatic carbocycles. The fourth-order valence-electron chi connectivity index (χ4n) is 1.57. The number of aromatic nitrogens is 2. The molecule has 0 amide bonds. The molecule has 1 aromatic heterocycles. The third-order valence-electron chi connectivity index (χ3n) is 2.34. The van der Waals surface area contributed by atoms with Crippen molar-refractivity contribution >= 4 is 12.6 Å². The first-order valence-electron chi connectivity index (χ1n) is 4.22. The van der Waals surface area contributed by atoms with E-state index in [1.54, 1.807) is 0 Å². The first-order valence-corrected chi connectivity index (χ1v) is 4.22. The SMILES string of the molecule is Cn1ncc(C2CC2)c1[B-](F)(F)F. The Bertz CT molecular complexity index is 327. The van der Waals surface area contributed by atoms with Gasteiger partial charge in [0.05, 0.1) is 0 Å². The monoisotopic (exact) mass is 189 g/mol. The summed E-state index contributed by atoms with van der Waals surface area (Å²) in [5.74, 6) is 0.104. The van der Waals surface area contributed by atoms with Gasteiger partial charge in [0.25, 0.3) is 0 Å². The average molecular weight is 189 g/mol. The van der Waals surface area contributed by atoms with Crippen LogP contribution in [-0.2, 0) is 7.05 Å². The van der Waals surface area contributed by atoms with Gasteiger partial charge >= 0.3 is 6.98 Å². The van der Waals surface area contributed by atoms with Crippen LogP contribution in [0.1, 0.15) is 24.3 Å². The van der Waals surface area contributed by atoms with Crippen LogP contribution in [0.5, 0.6) is 0 Å². The van der Waals surface area contributed by atoms with E-state index < -0.39 is 12.6 Å². The highest BCUT2D eigenvalue weighted by Crippen LogP contribution is 2.39. The van der Waals surface area contributed by atoms with E-state index in [4.69, 9.17) is 0 Å². The van der Waals surface area contributed by atoms with Crippen LogP contribution in [0.4, 0.5) is 12.9 Å². The summed E-state index contributed by atoms with van der Waals surface area (Å²) in [4.78, 5) is 0. The van der Waals surface area contributed by atoms with E-state index in [0.29, 0.717) is 5.56 Å². The van der Waals surface area contributed by atoms with Crippen LogP contribution in [-0.4, -0.2) is 16.8 Å². The zero-order valence-electron chi connectivity index (χ0n) is 7.17. The number of rotatable bonds is 2. The van der Waals surface area contributed by atoms with E-state index in [-0.39, 0.29) is 5.92 Å². The number of halogens is 3. The maximum absolute atomic E-state index is 12.5. The summed E-state index contributed by atoms with van der Waals surface area (Å²) >= 11 is 0. The van der Waals surface area contributed by atoms with Crippen molar-refractivity contribution in [2.24, 2.45) is 7.05 Å². The highest BCUT2D eigenvalue weighted by molar-refractivity contribution is 6.73. The smallest absolute Gasteiger partial charge is 0.444 e. The van der Waals surface area contributed by atoms with Crippen molar-refractivity contribution in [3.8, 4) is 0 Å². The molecule has 1 fully saturated rings. The van der Waals surface area contributed by atoms with Crippen LogP contribution in [0.15, 0.2) is 6.20 Å². The lowest BCUT2D eigenvalue weighted by atomic mass is 9.81. The van der Waals surface area contributed by atoms with Gasteiger partial charge in [-0.15, -0.1) is 0 Å². The Morgan fingerprint density at radius 3 is 2.54 bits per heavy atom. The van der Waals surface area contributed by atoms with E-state index >= 15 is 0 Å². The van der Waals surface area contributed by atoms with Gasteiger partial charge in [0.1, 0.15) is 0 Å². The molecule has 72 valence electrons. The zero-order valence-corrected chi connectivity index (χ0v) is 7.17. The molecule has 0 saturated heterocycles. The molecule has 0 aliphatic heterocycles. The number of aryl methyl sites for hydroxylation is 1. The highest BCUT2D eigenvalue weighted by Gasteiger charge is 2.37. The first kappa shape index (κ1) is 8.65. The van der Waals surface area contributed by atoms with E-state index in [1.165, 1.54) is 13.2 Å². The van der Waals surface area contributed by atoms with Crippen LogP contribution < -0.4 is 5.59 Å². The summed E-state index contributed by atoms with van der Waals surface area (Å²) in [6.45, 7) is -4.91. The van der Waals surface area contributed by atoms with Crippen LogP contribution >= 0.6 is 0 Å². The molecule has 1 aliphatic rings. The predicted molar refractivity (Wildman–Crippen MR) is 43.9 cm³/mol. The molecule has 0 radical (unpaired) electrons. The van der Waals surface area contributed by atoms with Crippen molar-refractivity contribution in [2.75, 3.05) is 0 Å². The molecule has 0 atom stereocenters. The fourth-order valence-corrected chi connectivity index (χ4v) is 1.57. The van der Waals surface area contributed by atoms with Crippen LogP contribution in [0.3, 0.4) is 0 Å². The van der Waals surface area contributed by atoms with Crippen LogP contribution in [0, 0.1) is 0 Å². The third kappa shape index (κ3) is 1.45. The Kier molecular flexibility index (Phi) is 1.68. The molecule has 1 aromatic rings. The Morgan fingerprint density at radius 1 is 1.46 bits per heavy atom. The molecular formula is C7H9BF3N2-. The summed E-state index contributed by atoms with van der Waals surface area (Å²) in [7, 11) is 1.34. The second-order valence-electron chi connectivity index (χ2n) is 3.46. The molecule has 0 unspecified atom stereocenters. The topological polar surface area (TPSA) is 17.8 Å². The van der Waals surface area contributed by atoms with E-state index in [1.807, 2.05) is 0 Å². The Labute approximate surface area is 73.8 Å². The van der Waals surface area contributed by atoms with Gasteiger partial charge in [0, 0.05) is 13.2 Å². The Morgan fingerprint density at radius 2 is 2.08 bits per heavy atom. The lowest BCUT2D eigenvalue weighted by Crippen LogP contribution is -2.41. The van der Waals surface area contributed by atoms with Crippen molar-refractivity contribution in [3.63, 3.8) is 0 Å². The van der Waals surface area contributed by atoms with Crippen molar-refractivity contribution in [2.45, 2.75) is 18.8 Å². The lowest BCUT2D eigenvalue weighted by molar-refractivity contribution is 0.492. The third-order valence-corrected chi connectivity index (χ3v) is 2.34. The number of hydrogen-bond donors (Lipinski definition) is 0. The second kappa shape index (κ2) is 2.53. The van der Waals surface area contributed by atoms with E-state index in [9.17, 15) is 12.9 Å². The molecule has 1 aliphatic carbocycles. The molecule has 2 rings (SSSR count). The van der Waals surface area contributed by atoms with Gasteiger partial charge in [-0.1, -0.05) is 0 Å². The van der Waals surface area contributed by atoms with E-state index in [2.05, 4.69) is 5.10 Å². The minimum atomic E-state index is -4.91. The average Bonchev–Trinajstić information content (AvgIpc) is 2.73. The second-order valence-corrected chi connectivity index (χ2v) is 3.46. The zero-order chi connectivity index (χ0) is 9.64. The minimum absolute atomic E-state index is 0.104. The lowest BCUT2D eigenvalue weighted by Gasteiger charge is -2.17. The normalized spacial score (nSPS) is 17.8. The van der Waals surface area contributed by atoms with Crippen molar-refractivity contribution < 1.29 is 12.9 Å². The van der Waals surface area contributed by atoms with Crippen molar-refractivity contribution in [1.82, 2.24) is 9.78 Å². The molecule has 1 heterocycles. The summed E-state index contributed by atoms with van der Waals surface area (Å²) in [5, 5.41) is 3.66. The van der Waals surface area contributed by atoms with Crippen LogP contribution in [0.25, 0.3) is 0 Å². The van der Waals surface area contributed by atoms with Crippen molar-refractivity contribution in [1.29, 1.82) is 0 Å². The largest absolute Gasteiger partial charge is 0.527 e. The number of hydrogen-bond acceptors (Lipinski definition) is 1. The molecule has 0 N–H and O–H groups in total. The summed E-state index contributed by atoms with van der Waals surface area (Å²) in [5.41, 5.74) is -0.141. The fraction of sp³-hybridized carbons (Fsp3) is 0.571.